The highest BCUT2D eigenvalue weighted by molar-refractivity contribution is 6.25. The van der Waals surface area contributed by atoms with E-state index in [0.717, 1.165) is 11.3 Å². The van der Waals surface area contributed by atoms with Crippen molar-refractivity contribution in [3.8, 4) is 0 Å². The summed E-state index contributed by atoms with van der Waals surface area (Å²) >= 11 is 0. The molecule has 37 heavy (non-hydrogen) atoms. The van der Waals surface area contributed by atoms with Crippen molar-refractivity contribution < 1.29 is 19.2 Å². The third-order valence-electron chi connectivity index (χ3n) is 7.67. The maximum absolute atomic E-state index is 13.1. The number of piperidine rings is 1. The van der Waals surface area contributed by atoms with Crippen LogP contribution in [0.25, 0.3) is 0 Å². The molecular weight excluding hydrogens is 468 g/mol. The smallest absolute Gasteiger partial charge is 0.253 e. The van der Waals surface area contributed by atoms with Crippen LogP contribution in [0.2, 0.25) is 0 Å². The molecule has 0 bridgehead atoms. The van der Waals surface area contributed by atoms with E-state index in [1.54, 1.807) is 35.2 Å². The molecule has 8 nitrogen and oxygen atoms in total. The second-order valence-corrected chi connectivity index (χ2v) is 9.83. The van der Waals surface area contributed by atoms with E-state index in [4.69, 9.17) is 0 Å². The zero-order valence-corrected chi connectivity index (χ0v) is 20.1. The van der Waals surface area contributed by atoms with Crippen LogP contribution in [0.3, 0.4) is 0 Å². The van der Waals surface area contributed by atoms with Crippen LogP contribution >= 0.6 is 0 Å². The maximum atomic E-state index is 13.1. The molecule has 6 rings (SSSR count). The highest BCUT2D eigenvalue weighted by Gasteiger charge is 2.55. The molecule has 3 aromatic rings. The molecule has 0 aromatic heterocycles. The van der Waals surface area contributed by atoms with Crippen LogP contribution in [0.5, 0.6) is 0 Å². The zero-order valence-electron chi connectivity index (χ0n) is 20.1. The third kappa shape index (κ3) is 3.85. The number of anilines is 3. The van der Waals surface area contributed by atoms with E-state index in [-0.39, 0.29) is 36.0 Å². The molecule has 3 aliphatic heterocycles. The molecule has 3 N–H and O–H groups in total. The Bertz CT molecular complexity index is 1430. The number of benzene rings is 3. The number of likely N-dealkylation sites (tertiary alicyclic amines) is 1. The van der Waals surface area contributed by atoms with E-state index in [1.807, 2.05) is 42.5 Å². The molecule has 3 heterocycles. The molecule has 0 aliphatic carbocycles. The number of nitrogens with zero attached hydrogens (tertiary/aromatic N) is 1. The SMILES string of the molecule is O=C(Nc1ccc2c(c1)NC(=O)C21Cc2ccccc2NC1=O)C1CCN(C(=O)c2ccccc2)CC1. The van der Waals surface area contributed by atoms with Crippen LogP contribution < -0.4 is 16.0 Å². The Morgan fingerprint density at radius 2 is 1.51 bits per heavy atom. The predicted octanol–water partition coefficient (Wildman–Crippen LogP) is 3.56. The fourth-order valence-electron chi connectivity index (χ4n) is 5.59. The fourth-order valence-corrected chi connectivity index (χ4v) is 5.59. The Hall–Kier alpha value is -4.46. The van der Waals surface area contributed by atoms with E-state index in [0.29, 0.717) is 48.4 Å². The van der Waals surface area contributed by atoms with Gasteiger partial charge in [0, 0.05) is 53.6 Å². The molecule has 4 amide bonds. The van der Waals surface area contributed by atoms with E-state index in [2.05, 4.69) is 16.0 Å². The highest BCUT2D eigenvalue weighted by Crippen LogP contribution is 2.45. The van der Waals surface area contributed by atoms with Gasteiger partial charge in [-0.25, -0.2) is 0 Å². The molecule has 186 valence electrons. The van der Waals surface area contributed by atoms with Crippen molar-refractivity contribution in [3.05, 3.63) is 89.5 Å². The Balaban J connectivity index is 1.14. The van der Waals surface area contributed by atoms with Crippen LogP contribution in [-0.4, -0.2) is 41.6 Å². The van der Waals surface area contributed by atoms with Gasteiger partial charge in [0.1, 0.15) is 0 Å². The van der Waals surface area contributed by atoms with Crippen LogP contribution in [0, 0.1) is 5.92 Å². The Morgan fingerprint density at radius 3 is 2.27 bits per heavy atom. The molecule has 0 radical (unpaired) electrons. The lowest BCUT2D eigenvalue weighted by molar-refractivity contribution is -0.131. The first-order chi connectivity index (χ1) is 18.0. The lowest BCUT2D eigenvalue weighted by Gasteiger charge is -2.32. The number of amides is 4. The Morgan fingerprint density at radius 1 is 0.838 bits per heavy atom. The summed E-state index contributed by atoms with van der Waals surface area (Å²) in [6.07, 6.45) is 1.43. The predicted molar refractivity (Wildman–Crippen MR) is 139 cm³/mol. The summed E-state index contributed by atoms with van der Waals surface area (Å²) in [4.78, 5) is 53.7. The maximum Gasteiger partial charge on any atom is 0.253 e. The number of para-hydroxylation sites is 1. The third-order valence-corrected chi connectivity index (χ3v) is 7.67. The Labute approximate surface area is 214 Å². The summed E-state index contributed by atoms with van der Waals surface area (Å²) in [5.41, 5.74) is 2.64. The van der Waals surface area contributed by atoms with Crippen LogP contribution in [0.4, 0.5) is 17.1 Å². The summed E-state index contributed by atoms with van der Waals surface area (Å²) in [6.45, 7) is 1.04. The zero-order chi connectivity index (χ0) is 25.6. The lowest BCUT2D eigenvalue weighted by atomic mass is 9.73. The van der Waals surface area contributed by atoms with Gasteiger partial charge in [0.25, 0.3) is 5.91 Å². The van der Waals surface area contributed by atoms with Crippen molar-refractivity contribution >= 4 is 40.7 Å². The van der Waals surface area contributed by atoms with Gasteiger partial charge in [-0.05, 0) is 48.7 Å². The van der Waals surface area contributed by atoms with Gasteiger partial charge in [-0.3, -0.25) is 19.2 Å². The molecule has 1 fully saturated rings. The van der Waals surface area contributed by atoms with E-state index in [9.17, 15) is 19.2 Å². The monoisotopic (exact) mass is 494 g/mol. The minimum absolute atomic E-state index is 0.0166. The Kier molecular flexibility index (Phi) is 5.52. The van der Waals surface area contributed by atoms with Gasteiger partial charge in [-0.2, -0.15) is 0 Å². The molecule has 1 atom stereocenters. The summed E-state index contributed by atoms with van der Waals surface area (Å²) in [5, 5.41) is 8.69. The standard InChI is InChI=1S/C29H26N4O4/c34-25(18-12-14-33(15-13-18)26(35)19-6-2-1-3-7-19)30-21-10-11-22-24(16-21)32-28(37)29(22)17-20-8-4-5-9-23(20)31-27(29)36/h1-11,16,18H,12-15,17H2,(H,30,34)(H,31,36)(H,32,37). The first-order valence-corrected chi connectivity index (χ1v) is 12.5. The van der Waals surface area contributed by atoms with Gasteiger partial charge >= 0.3 is 0 Å². The molecule has 0 saturated carbocycles. The van der Waals surface area contributed by atoms with E-state index < -0.39 is 5.41 Å². The van der Waals surface area contributed by atoms with Crippen LogP contribution in [0.1, 0.15) is 34.3 Å². The first-order valence-electron chi connectivity index (χ1n) is 12.5. The van der Waals surface area contributed by atoms with Gasteiger partial charge < -0.3 is 20.9 Å². The number of hydrogen-bond donors (Lipinski definition) is 3. The molecule has 1 saturated heterocycles. The van der Waals surface area contributed by atoms with Crippen molar-refractivity contribution in [2.24, 2.45) is 5.92 Å². The first kappa shape index (κ1) is 23.0. The van der Waals surface area contributed by atoms with Gasteiger partial charge in [0.2, 0.25) is 17.7 Å². The topological polar surface area (TPSA) is 108 Å². The number of fused-ring (bicyclic) bond motifs is 3. The molecular formula is C29H26N4O4. The van der Waals surface area contributed by atoms with Crippen molar-refractivity contribution in [1.29, 1.82) is 0 Å². The molecule has 1 unspecified atom stereocenters. The fraction of sp³-hybridized carbons (Fsp3) is 0.241. The normalized spacial score (nSPS) is 20.6. The summed E-state index contributed by atoms with van der Waals surface area (Å²) in [7, 11) is 0. The summed E-state index contributed by atoms with van der Waals surface area (Å²) < 4.78 is 0. The quantitative estimate of drug-likeness (QED) is 0.484. The minimum atomic E-state index is -1.33. The van der Waals surface area contributed by atoms with E-state index >= 15 is 0 Å². The van der Waals surface area contributed by atoms with Gasteiger partial charge in [0.15, 0.2) is 5.41 Å². The van der Waals surface area contributed by atoms with Crippen molar-refractivity contribution in [2.45, 2.75) is 24.7 Å². The molecule has 8 heteroatoms. The van der Waals surface area contributed by atoms with Crippen molar-refractivity contribution in [1.82, 2.24) is 4.90 Å². The van der Waals surface area contributed by atoms with Crippen LogP contribution in [-0.2, 0) is 26.2 Å². The average molecular weight is 495 g/mol. The van der Waals surface area contributed by atoms with Gasteiger partial charge in [0.05, 0.1) is 0 Å². The number of rotatable bonds is 3. The van der Waals surface area contributed by atoms with Gasteiger partial charge in [-0.15, -0.1) is 0 Å². The van der Waals surface area contributed by atoms with Crippen molar-refractivity contribution in [2.75, 3.05) is 29.0 Å². The number of carbonyl (C=O) groups excluding carboxylic acids is 4. The van der Waals surface area contributed by atoms with Crippen LogP contribution in [0.15, 0.2) is 72.8 Å². The largest absolute Gasteiger partial charge is 0.339 e. The number of carbonyl (C=O) groups is 4. The summed E-state index contributed by atoms with van der Waals surface area (Å²) in [5.74, 6) is -1.06. The van der Waals surface area contributed by atoms with E-state index in [1.165, 1.54) is 0 Å². The average Bonchev–Trinajstić information content (AvgIpc) is 3.20. The number of nitrogens with one attached hydrogen (secondary N) is 3. The molecule has 3 aromatic carbocycles. The molecule has 1 spiro atoms. The molecule has 3 aliphatic rings. The lowest BCUT2D eigenvalue weighted by Crippen LogP contribution is -2.50. The second-order valence-electron chi connectivity index (χ2n) is 9.83. The van der Waals surface area contributed by atoms with Crippen molar-refractivity contribution in [3.63, 3.8) is 0 Å². The summed E-state index contributed by atoms with van der Waals surface area (Å²) in [6, 6.07) is 21.8. The highest BCUT2D eigenvalue weighted by atomic mass is 16.2. The van der Waals surface area contributed by atoms with Gasteiger partial charge in [-0.1, -0.05) is 42.5 Å². The number of hydrogen-bond acceptors (Lipinski definition) is 4. The minimum Gasteiger partial charge on any atom is -0.339 e. The second kappa shape index (κ2) is 8.89.